The van der Waals surface area contributed by atoms with Gasteiger partial charge < -0.3 is 9.64 Å². The van der Waals surface area contributed by atoms with Gasteiger partial charge in [-0.15, -0.1) is 0 Å². The summed E-state index contributed by atoms with van der Waals surface area (Å²) in [6, 6.07) is 6.19. The molecule has 0 bridgehead atoms. The number of ether oxygens (including phenoxy) is 1. The predicted molar refractivity (Wildman–Crippen MR) is 100 cm³/mol. The lowest BCUT2D eigenvalue weighted by atomic mass is 10.1. The summed E-state index contributed by atoms with van der Waals surface area (Å²) in [6.45, 7) is -1.93. The molecule has 1 atom stereocenters. The van der Waals surface area contributed by atoms with Crippen LogP contribution in [0.5, 0.6) is 5.75 Å². The number of hydrogen-bond donors (Lipinski definition) is 0. The van der Waals surface area contributed by atoms with Crippen molar-refractivity contribution in [3.8, 4) is 5.75 Å². The molecule has 1 heterocycles. The van der Waals surface area contributed by atoms with Crippen LogP contribution in [0.15, 0.2) is 47.4 Å². The summed E-state index contributed by atoms with van der Waals surface area (Å²) < 4.78 is 109. The molecule has 0 spiro atoms. The lowest BCUT2D eigenvalue weighted by Crippen LogP contribution is -2.54. The standard InChI is InChI=1S/C19H18F6N2O3S/c1-12-11-26(17-6-5-13(20)9-16(17)19(23,24)25)7-8-27(12)31(28,29)15-4-2-3-14(10-15)30-18(21)22/h2-6,9-10,12,18H,7-8,11H2,1H3/t12-/m1/s1. The lowest BCUT2D eigenvalue weighted by molar-refractivity contribution is -0.137. The average Bonchev–Trinajstić information content (AvgIpc) is 2.66. The van der Waals surface area contributed by atoms with Crippen molar-refractivity contribution in [2.75, 3.05) is 24.5 Å². The first-order valence-corrected chi connectivity index (χ1v) is 10.5. The molecule has 12 heteroatoms. The van der Waals surface area contributed by atoms with Gasteiger partial charge in [-0.05, 0) is 37.3 Å². The van der Waals surface area contributed by atoms with E-state index in [1.54, 1.807) is 0 Å². The summed E-state index contributed by atoms with van der Waals surface area (Å²) in [6.07, 6.45) is -4.78. The van der Waals surface area contributed by atoms with Crippen molar-refractivity contribution >= 4 is 15.7 Å². The van der Waals surface area contributed by atoms with E-state index in [4.69, 9.17) is 0 Å². The van der Waals surface area contributed by atoms with Gasteiger partial charge in [0.15, 0.2) is 0 Å². The van der Waals surface area contributed by atoms with Gasteiger partial charge in [0.1, 0.15) is 11.6 Å². The van der Waals surface area contributed by atoms with Gasteiger partial charge >= 0.3 is 12.8 Å². The number of benzene rings is 2. The number of alkyl halides is 5. The van der Waals surface area contributed by atoms with E-state index in [9.17, 15) is 34.8 Å². The van der Waals surface area contributed by atoms with Crippen molar-refractivity contribution in [1.29, 1.82) is 0 Å². The number of hydrogen-bond acceptors (Lipinski definition) is 4. The van der Waals surface area contributed by atoms with Crippen LogP contribution in [-0.4, -0.2) is 45.0 Å². The quantitative estimate of drug-likeness (QED) is 0.613. The van der Waals surface area contributed by atoms with Gasteiger partial charge in [-0.3, -0.25) is 0 Å². The number of halogens is 6. The van der Waals surface area contributed by atoms with Crippen molar-refractivity contribution < 1.29 is 39.5 Å². The summed E-state index contributed by atoms with van der Waals surface area (Å²) >= 11 is 0. The van der Waals surface area contributed by atoms with Crippen molar-refractivity contribution in [2.24, 2.45) is 0 Å². The molecule has 170 valence electrons. The maximum absolute atomic E-state index is 13.4. The second-order valence-electron chi connectivity index (χ2n) is 6.92. The van der Waals surface area contributed by atoms with E-state index in [0.717, 1.165) is 22.5 Å². The highest BCUT2D eigenvalue weighted by molar-refractivity contribution is 7.89. The molecule has 1 saturated heterocycles. The largest absolute Gasteiger partial charge is 0.435 e. The highest BCUT2D eigenvalue weighted by Gasteiger charge is 2.39. The van der Waals surface area contributed by atoms with Crippen molar-refractivity contribution in [3.63, 3.8) is 0 Å². The van der Waals surface area contributed by atoms with Crippen LogP contribution in [0.4, 0.5) is 32.0 Å². The smallest absolute Gasteiger partial charge is 0.418 e. The summed E-state index contributed by atoms with van der Waals surface area (Å²) in [7, 11) is -4.12. The molecule has 5 nitrogen and oxygen atoms in total. The van der Waals surface area contributed by atoms with E-state index in [0.29, 0.717) is 6.07 Å². The second kappa shape index (κ2) is 8.58. The molecule has 1 aliphatic rings. The molecule has 3 rings (SSSR count). The minimum atomic E-state index is -4.78. The Labute approximate surface area is 174 Å². The average molecular weight is 468 g/mol. The first kappa shape index (κ1) is 23.2. The third-order valence-electron chi connectivity index (χ3n) is 4.81. The summed E-state index contributed by atoms with van der Waals surface area (Å²) in [5.74, 6) is -1.36. The molecule has 0 radical (unpaired) electrons. The van der Waals surface area contributed by atoms with Crippen LogP contribution in [0, 0.1) is 5.82 Å². The molecule has 0 amide bonds. The third-order valence-corrected chi connectivity index (χ3v) is 6.82. The Morgan fingerprint density at radius 2 is 1.81 bits per heavy atom. The second-order valence-corrected chi connectivity index (χ2v) is 8.81. The Bertz CT molecular complexity index is 1050. The summed E-state index contributed by atoms with van der Waals surface area (Å²) in [5, 5.41) is 0. The Kier molecular flexibility index (Phi) is 6.42. The van der Waals surface area contributed by atoms with E-state index in [1.165, 1.54) is 30.0 Å². The molecule has 0 aliphatic carbocycles. The highest BCUT2D eigenvalue weighted by Crippen LogP contribution is 2.38. The summed E-state index contributed by atoms with van der Waals surface area (Å²) in [4.78, 5) is 1.07. The molecule has 1 aliphatic heterocycles. The van der Waals surface area contributed by atoms with E-state index in [1.807, 2.05) is 0 Å². The van der Waals surface area contributed by atoms with Crippen LogP contribution in [0.25, 0.3) is 0 Å². The maximum atomic E-state index is 13.4. The van der Waals surface area contributed by atoms with Crippen LogP contribution >= 0.6 is 0 Å². The molecular weight excluding hydrogens is 450 g/mol. The molecular formula is C19H18F6N2O3S. The molecule has 0 N–H and O–H groups in total. The minimum absolute atomic E-state index is 0.0779. The predicted octanol–water partition coefficient (Wildman–Crippen LogP) is 4.35. The van der Waals surface area contributed by atoms with Gasteiger partial charge in [0.25, 0.3) is 0 Å². The van der Waals surface area contributed by atoms with Crippen molar-refractivity contribution in [1.82, 2.24) is 4.31 Å². The lowest BCUT2D eigenvalue weighted by Gasteiger charge is -2.40. The fraction of sp³-hybridized carbons (Fsp3) is 0.368. The zero-order valence-corrected chi connectivity index (χ0v) is 16.9. The number of rotatable bonds is 5. The molecule has 2 aromatic carbocycles. The van der Waals surface area contributed by atoms with Crippen LogP contribution in [0.1, 0.15) is 12.5 Å². The highest BCUT2D eigenvalue weighted by atomic mass is 32.2. The molecule has 31 heavy (non-hydrogen) atoms. The van der Waals surface area contributed by atoms with E-state index >= 15 is 0 Å². The van der Waals surface area contributed by atoms with Crippen LogP contribution < -0.4 is 9.64 Å². The molecule has 0 aromatic heterocycles. The van der Waals surface area contributed by atoms with Crippen LogP contribution in [0.2, 0.25) is 0 Å². The van der Waals surface area contributed by atoms with E-state index < -0.39 is 40.2 Å². The zero-order valence-electron chi connectivity index (χ0n) is 16.1. The Morgan fingerprint density at radius 3 is 2.42 bits per heavy atom. The van der Waals surface area contributed by atoms with E-state index in [2.05, 4.69) is 4.74 Å². The monoisotopic (exact) mass is 468 g/mol. The topological polar surface area (TPSA) is 49.9 Å². The fourth-order valence-electron chi connectivity index (χ4n) is 3.47. The fourth-order valence-corrected chi connectivity index (χ4v) is 5.12. The van der Waals surface area contributed by atoms with Gasteiger partial charge in [0, 0.05) is 37.4 Å². The first-order chi connectivity index (χ1) is 14.4. The van der Waals surface area contributed by atoms with Crippen LogP contribution in [0.3, 0.4) is 0 Å². The Balaban J connectivity index is 1.84. The number of nitrogens with zero attached hydrogens (tertiary/aromatic N) is 2. The summed E-state index contributed by atoms with van der Waals surface area (Å²) in [5.41, 5.74) is -1.39. The van der Waals surface area contributed by atoms with Gasteiger partial charge in [-0.2, -0.15) is 26.3 Å². The molecule has 0 saturated carbocycles. The first-order valence-electron chi connectivity index (χ1n) is 9.08. The molecule has 1 fully saturated rings. The third kappa shape index (κ3) is 5.06. The van der Waals surface area contributed by atoms with Gasteiger partial charge in [0.05, 0.1) is 10.5 Å². The van der Waals surface area contributed by atoms with Gasteiger partial charge in [0.2, 0.25) is 10.0 Å². The zero-order chi connectivity index (χ0) is 23.0. The maximum Gasteiger partial charge on any atom is 0.418 e. The van der Waals surface area contributed by atoms with Crippen molar-refractivity contribution in [3.05, 3.63) is 53.8 Å². The van der Waals surface area contributed by atoms with E-state index in [-0.39, 0.29) is 36.0 Å². The molecule has 2 aromatic rings. The SMILES string of the molecule is C[C@@H]1CN(c2ccc(F)cc2C(F)(F)F)CCN1S(=O)(=O)c1cccc(OC(F)F)c1. The van der Waals surface area contributed by atoms with Gasteiger partial charge in [-0.25, -0.2) is 12.8 Å². The van der Waals surface area contributed by atoms with Crippen molar-refractivity contribution in [2.45, 2.75) is 30.6 Å². The van der Waals surface area contributed by atoms with Gasteiger partial charge in [-0.1, -0.05) is 6.07 Å². The number of piperazine rings is 1. The molecule has 0 unspecified atom stereocenters. The number of sulfonamides is 1. The normalized spacial score (nSPS) is 18.5. The van der Waals surface area contributed by atoms with Crippen LogP contribution in [-0.2, 0) is 16.2 Å². The Hall–Kier alpha value is -2.47. The Morgan fingerprint density at radius 1 is 1.10 bits per heavy atom. The minimum Gasteiger partial charge on any atom is -0.435 e. The number of anilines is 1.